The van der Waals surface area contributed by atoms with Crippen molar-refractivity contribution in [2.45, 2.75) is 110 Å². The summed E-state index contributed by atoms with van der Waals surface area (Å²) in [6.07, 6.45) is 4.61. The molecule has 1 nitrogen and oxygen atoms in total. The Balaban J connectivity index is 1.61. The van der Waals surface area contributed by atoms with E-state index in [0.29, 0.717) is 23.2 Å². The third kappa shape index (κ3) is 6.01. The normalized spacial score (nSPS) is 16.3. The van der Waals surface area contributed by atoms with E-state index in [1.54, 1.807) is 0 Å². The van der Waals surface area contributed by atoms with E-state index in [9.17, 15) is 5.26 Å². The lowest BCUT2D eigenvalue weighted by Crippen LogP contribution is -2.16. The molecule has 0 amide bonds. The second-order valence-corrected chi connectivity index (χ2v) is 12.9. The van der Waals surface area contributed by atoms with Crippen molar-refractivity contribution in [3.63, 3.8) is 0 Å². The molecule has 0 spiro atoms. The highest BCUT2D eigenvalue weighted by Crippen LogP contribution is 2.47. The van der Waals surface area contributed by atoms with Gasteiger partial charge in [-0.1, -0.05) is 95.3 Å². The van der Waals surface area contributed by atoms with Gasteiger partial charge in [0.1, 0.15) is 0 Å². The molecule has 3 aromatic carbocycles. The van der Waals surface area contributed by atoms with Gasteiger partial charge in [0.25, 0.3) is 0 Å². The predicted octanol–water partition coefficient (Wildman–Crippen LogP) is 9.66. The Labute approximate surface area is 226 Å². The third-order valence-corrected chi connectivity index (χ3v) is 8.94. The molecule has 3 aromatic rings. The maximum atomic E-state index is 9.93. The fourth-order valence-corrected chi connectivity index (χ4v) is 5.71. The van der Waals surface area contributed by atoms with Crippen LogP contribution in [0.5, 0.6) is 0 Å². The van der Waals surface area contributed by atoms with Gasteiger partial charge >= 0.3 is 0 Å². The standard InChI is InChI=1S/C36H45N/c1-24(2)34-11-9-10-30(27(34)5)19-26(4)31-20-28(21-33(22-31)35(6,7)23-37)18-25(3)29-12-14-32(15-13-29)36(8)16-17-36/h9-15,20-22,24-26H,16-19H2,1-8H3. The van der Waals surface area contributed by atoms with E-state index in [-0.39, 0.29) is 0 Å². The fraction of sp³-hybridized carbons (Fsp3) is 0.472. The Kier molecular flexibility index (Phi) is 7.71. The van der Waals surface area contributed by atoms with Gasteiger partial charge in [-0.2, -0.15) is 5.26 Å². The smallest absolute Gasteiger partial charge is 0.0766 e. The van der Waals surface area contributed by atoms with Crippen molar-refractivity contribution in [3.8, 4) is 6.07 Å². The van der Waals surface area contributed by atoms with E-state index in [1.807, 2.05) is 13.8 Å². The highest BCUT2D eigenvalue weighted by molar-refractivity contribution is 5.42. The summed E-state index contributed by atoms with van der Waals surface area (Å²) in [5, 5.41) is 9.93. The van der Waals surface area contributed by atoms with Crippen LogP contribution in [-0.2, 0) is 23.7 Å². The average Bonchev–Trinajstić information content (AvgIpc) is 3.63. The maximum absolute atomic E-state index is 9.93. The van der Waals surface area contributed by atoms with Gasteiger partial charge in [-0.25, -0.2) is 0 Å². The summed E-state index contributed by atoms with van der Waals surface area (Å²) in [5.74, 6) is 1.34. The van der Waals surface area contributed by atoms with Crippen LogP contribution in [0.2, 0.25) is 0 Å². The molecule has 1 aliphatic rings. The summed E-state index contributed by atoms with van der Waals surface area (Å²) in [6.45, 7) is 17.9. The fourth-order valence-electron chi connectivity index (χ4n) is 5.71. The van der Waals surface area contributed by atoms with Crippen LogP contribution in [0, 0.1) is 18.3 Å². The summed E-state index contributed by atoms with van der Waals surface area (Å²) >= 11 is 0. The molecule has 0 aromatic heterocycles. The van der Waals surface area contributed by atoms with Gasteiger partial charge in [-0.15, -0.1) is 0 Å². The average molecular weight is 492 g/mol. The van der Waals surface area contributed by atoms with Crippen LogP contribution in [0.1, 0.15) is 124 Å². The number of nitriles is 1. The van der Waals surface area contributed by atoms with Gasteiger partial charge in [0, 0.05) is 0 Å². The minimum atomic E-state index is -0.511. The quantitative estimate of drug-likeness (QED) is 0.292. The molecule has 37 heavy (non-hydrogen) atoms. The van der Waals surface area contributed by atoms with E-state index in [0.717, 1.165) is 18.4 Å². The highest BCUT2D eigenvalue weighted by atomic mass is 14.4. The first-order valence-corrected chi connectivity index (χ1v) is 14.2. The van der Waals surface area contributed by atoms with Crippen LogP contribution in [0.3, 0.4) is 0 Å². The van der Waals surface area contributed by atoms with Crippen LogP contribution in [0.15, 0.2) is 60.7 Å². The first kappa shape index (κ1) is 27.2. The molecule has 0 saturated heterocycles. The largest absolute Gasteiger partial charge is 0.197 e. The lowest BCUT2D eigenvalue weighted by Gasteiger charge is -2.23. The summed E-state index contributed by atoms with van der Waals surface area (Å²) < 4.78 is 0. The molecule has 0 heterocycles. The van der Waals surface area contributed by atoms with E-state index in [4.69, 9.17) is 0 Å². The van der Waals surface area contributed by atoms with Gasteiger partial charge < -0.3 is 0 Å². The predicted molar refractivity (Wildman–Crippen MR) is 158 cm³/mol. The van der Waals surface area contributed by atoms with Gasteiger partial charge in [0.05, 0.1) is 11.5 Å². The van der Waals surface area contributed by atoms with Gasteiger partial charge in [-0.3, -0.25) is 0 Å². The van der Waals surface area contributed by atoms with Crippen molar-refractivity contribution in [1.82, 2.24) is 0 Å². The number of benzene rings is 3. The Morgan fingerprint density at radius 2 is 1.51 bits per heavy atom. The molecular formula is C36H45N. The first-order valence-electron chi connectivity index (χ1n) is 14.2. The number of hydrogen-bond donors (Lipinski definition) is 0. The third-order valence-electron chi connectivity index (χ3n) is 8.94. The molecule has 0 radical (unpaired) electrons. The first-order chi connectivity index (χ1) is 17.4. The lowest BCUT2D eigenvalue weighted by molar-refractivity contribution is 0.672. The Morgan fingerprint density at radius 3 is 2.11 bits per heavy atom. The summed E-state index contributed by atoms with van der Waals surface area (Å²) in [7, 11) is 0. The van der Waals surface area contributed by atoms with Crippen LogP contribution in [-0.4, -0.2) is 0 Å². The van der Waals surface area contributed by atoms with E-state index >= 15 is 0 Å². The second-order valence-electron chi connectivity index (χ2n) is 12.9. The van der Waals surface area contributed by atoms with Crippen LogP contribution >= 0.6 is 0 Å². The van der Waals surface area contributed by atoms with Gasteiger partial charge in [0.15, 0.2) is 0 Å². The van der Waals surface area contributed by atoms with Crippen molar-refractivity contribution in [1.29, 1.82) is 5.26 Å². The maximum Gasteiger partial charge on any atom is 0.0766 e. The lowest BCUT2D eigenvalue weighted by atomic mass is 9.80. The van der Waals surface area contributed by atoms with Crippen molar-refractivity contribution >= 4 is 0 Å². The summed E-state index contributed by atoms with van der Waals surface area (Å²) in [6, 6.07) is 25.6. The second kappa shape index (κ2) is 10.5. The zero-order valence-corrected chi connectivity index (χ0v) is 24.3. The summed E-state index contributed by atoms with van der Waals surface area (Å²) in [5.41, 5.74) is 10.9. The summed E-state index contributed by atoms with van der Waals surface area (Å²) in [4.78, 5) is 0. The number of hydrogen-bond acceptors (Lipinski definition) is 1. The van der Waals surface area contributed by atoms with Crippen LogP contribution < -0.4 is 0 Å². The minimum Gasteiger partial charge on any atom is -0.197 e. The number of nitrogens with zero attached hydrogens (tertiary/aromatic N) is 1. The molecule has 4 rings (SSSR count). The molecule has 1 saturated carbocycles. The minimum absolute atomic E-state index is 0.378. The van der Waals surface area contributed by atoms with Crippen molar-refractivity contribution in [2.75, 3.05) is 0 Å². The Morgan fingerprint density at radius 1 is 0.865 bits per heavy atom. The van der Waals surface area contributed by atoms with Gasteiger partial charge in [0.2, 0.25) is 0 Å². The molecule has 0 aliphatic heterocycles. The zero-order chi connectivity index (χ0) is 27.0. The Hall–Kier alpha value is -2.85. The van der Waals surface area contributed by atoms with Crippen LogP contribution in [0.25, 0.3) is 0 Å². The van der Waals surface area contributed by atoms with E-state index in [2.05, 4.69) is 108 Å². The highest BCUT2D eigenvalue weighted by Gasteiger charge is 2.38. The van der Waals surface area contributed by atoms with E-state index < -0.39 is 5.41 Å². The molecular weight excluding hydrogens is 446 g/mol. The van der Waals surface area contributed by atoms with Crippen molar-refractivity contribution in [2.24, 2.45) is 0 Å². The van der Waals surface area contributed by atoms with Crippen molar-refractivity contribution in [3.05, 3.63) is 105 Å². The monoisotopic (exact) mass is 491 g/mol. The molecule has 1 aliphatic carbocycles. The zero-order valence-electron chi connectivity index (χ0n) is 24.3. The molecule has 2 atom stereocenters. The molecule has 194 valence electrons. The molecule has 1 heteroatoms. The van der Waals surface area contributed by atoms with Gasteiger partial charge in [-0.05, 0) is 114 Å². The van der Waals surface area contributed by atoms with E-state index in [1.165, 1.54) is 51.8 Å². The van der Waals surface area contributed by atoms with Crippen molar-refractivity contribution < 1.29 is 0 Å². The molecule has 0 bridgehead atoms. The van der Waals surface area contributed by atoms with Crippen LogP contribution in [0.4, 0.5) is 0 Å². The number of rotatable bonds is 9. The molecule has 1 fully saturated rings. The molecule has 0 N–H and O–H groups in total. The SMILES string of the molecule is Cc1c(CC(C)c2cc(CC(C)c3ccc(C4(C)CC4)cc3)cc(C(C)(C)C#N)c2)cccc1C(C)C. The molecule has 2 unspecified atom stereocenters. The topological polar surface area (TPSA) is 23.8 Å². The Bertz CT molecular complexity index is 1280.